The number of rotatable bonds is 8. The molecule has 0 saturated carbocycles. The SMILES string of the molecule is Bc1cc(CC)cc2c1CCC[C@@H]2NC[C@@H](O)[C@H](Cc1cc(F)cc(F)c1)NC(=O)OC(C)(C)C. The van der Waals surface area contributed by atoms with E-state index >= 15 is 0 Å². The zero-order valence-electron chi connectivity index (χ0n) is 21.4. The van der Waals surface area contributed by atoms with E-state index in [1.807, 2.05) is 0 Å². The van der Waals surface area contributed by atoms with Gasteiger partial charge in [0.15, 0.2) is 0 Å². The van der Waals surface area contributed by atoms with Gasteiger partial charge in [-0.1, -0.05) is 24.5 Å². The molecule has 1 aliphatic rings. The van der Waals surface area contributed by atoms with Crippen molar-refractivity contribution < 1.29 is 23.4 Å². The van der Waals surface area contributed by atoms with Gasteiger partial charge in [0, 0.05) is 18.7 Å². The highest BCUT2D eigenvalue weighted by Crippen LogP contribution is 2.29. The van der Waals surface area contributed by atoms with Gasteiger partial charge in [0.1, 0.15) is 25.1 Å². The molecular weight excluding hydrogens is 449 g/mol. The summed E-state index contributed by atoms with van der Waals surface area (Å²) in [5.41, 5.74) is 4.83. The van der Waals surface area contributed by atoms with Gasteiger partial charge in [-0.05, 0) is 87.3 Å². The number of aliphatic hydroxyl groups excluding tert-OH is 1. The van der Waals surface area contributed by atoms with E-state index in [9.17, 15) is 18.7 Å². The van der Waals surface area contributed by atoms with E-state index in [0.29, 0.717) is 5.56 Å². The van der Waals surface area contributed by atoms with Crippen LogP contribution in [0.2, 0.25) is 0 Å². The van der Waals surface area contributed by atoms with Crippen molar-refractivity contribution in [2.75, 3.05) is 6.54 Å². The highest BCUT2D eigenvalue weighted by atomic mass is 19.1. The Morgan fingerprint density at radius 1 is 1.17 bits per heavy atom. The van der Waals surface area contributed by atoms with Crippen molar-refractivity contribution >= 4 is 19.4 Å². The quantitative estimate of drug-likeness (QED) is 0.502. The molecule has 0 bridgehead atoms. The van der Waals surface area contributed by atoms with E-state index in [1.165, 1.54) is 34.3 Å². The summed E-state index contributed by atoms with van der Waals surface area (Å²) in [6.45, 7) is 7.58. The molecule has 190 valence electrons. The highest BCUT2D eigenvalue weighted by molar-refractivity contribution is 6.33. The van der Waals surface area contributed by atoms with E-state index in [1.54, 1.807) is 20.8 Å². The number of aliphatic hydroxyl groups is 1. The van der Waals surface area contributed by atoms with Crippen LogP contribution in [0.25, 0.3) is 0 Å². The number of ether oxygens (including phenoxy) is 1. The van der Waals surface area contributed by atoms with Crippen molar-refractivity contribution in [2.24, 2.45) is 0 Å². The number of nitrogens with one attached hydrogen (secondary N) is 2. The number of amides is 1. The van der Waals surface area contributed by atoms with Gasteiger partial charge in [0.2, 0.25) is 0 Å². The highest BCUT2D eigenvalue weighted by Gasteiger charge is 2.28. The maximum atomic E-state index is 13.8. The molecule has 1 amide bonds. The molecule has 35 heavy (non-hydrogen) atoms. The summed E-state index contributed by atoms with van der Waals surface area (Å²) in [5.74, 6) is -1.41. The number of fused-ring (bicyclic) bond motifs is 1. The average Bonchev–Trinajstić information content (AvgIpc) is 2.75. The van der Waals surface area contributed by atoms with Crippen molar-refractivity contribution in [3.8, 4) is 0 Å². The molecule has 0 aliphatic heterocycles. The third-order valence-electron chi connectivity index (χ3n) is 6.39. The van der Waals surface area contributed by atoms with Gasteiger partial charge < -0.3 is 20.5 Å². The lowest BCUT2D eigenvalue weighted by Gasteiger charge is -2.31. The average molecular weight is 486 g/mol. The third kappa shape index (κ3) is 7.77. The molecule has 3 atom stereocenters. The van der Waals surface area contributed by atoms with Crippen molar-refractivity contribution in [1.29, 1.82) is 0 Å². The first-order valence-corrected chi connectivity index (χ1v) is 12.4. The molecule has 2 aromatic rings. The molecule has 8 heteroatoms. The second kappa shape index (κ2) is 11.5. The molecule has 0 aromatic heterocycles. The molecule has 0 spiro atoms. The first-order valence-electron chi connectivity index (χ1n) is 12.4. The van der Waals surface area contributed by atoms with Gasteiger partial charge in [-0.15, -0.1) is 0 Å². The van der Waals surface area contributed by atoms with Crippen molar-refractivity contribution in [1.82, 2.24) is 10.6 Å². The van der Waals surface area contributed by atoms with Crippen molar-refractivity contribution in [2.45, 2.75) is 83.6 Å². The number of alkyl carbamates (subject to hydrolysis) is 1. The van der Waals surface area contributed by atoms with Crippen LogP contribution >= 0.6 is 0 Å². The topological polar surface area (TPSA) is 70.6 Å². The van der Waals surface area contributed by atoms with E-state index in [0.717, 1.165) is 31.7 Å². The number of benzene rings is 2. The standard InChI is InChI=1S/C27H37BF2N2O3/c1-5-16-11-21-20(22(28)12-16)7-6-8-23(21)31-15-25(33)24(32-26(34)35-27(2,3)4)13-17-9-18(29)14-19(30)10-17/h9-12,14,23-25,31,33H,5-8,13,15,28H2,1-4H3,(H,32,34)/t23-,24-,25+/m0/s1. The van der Waals surface area contributed by atoms with Gasteiger partial charge in [0.25, 0.3) is 0 Å². The maximum absolute atomic E-state index is 13.8. The molecule has 0 saturated heterocycles. The van der Waals surface area contributed by atoms with Gasteiger partial charge in [0.05, 0.1) is 12.1 Å². The van der Waals surface area contributed by atoms with Crippen LogP contribution in [-0.2, 0) is 24.0 Å². The van der Waals surface area contributed by atoms with Gasteiger partial charge in [-0.3, -0.25) is 0 Å². The van der Waals surface area contributed by atoms with Crippen molar-refractivity contribution in [3.05, 3.63) is 64.2 Å². The van der Waals surface area contributed by atoms with Crippen LogP contribution in [0.3, 0.4) is 0 Å². The van der Waals surface area contributed by atoms with E-state index in [2.05, 4.69) is 37.5 Å². The molecule has 3 rings (SSSR count). The summed E-state index contributed by atoms with van der Waals surface area (Å²) < 4.78 is 32.9. The smallest absolute Gasteiger partial charge is 0.407 e. The zero-order valence-corrected chi connectivity index (χ0v) is 21.4. The lowest BCUT2D eigenvalue weighted by atomic mass is 9.77. The Morgan fingerprint density at radius 3 is 2.49 bits per heavy atom. The van der Waals surface area contributed by atoms with Crippen molar-refractivity contribution in [3.63, 3.8) is 0 Å². The Balaban J connectivity index is 1.76. The summed E-state index contributed by atoms with van der Waals surface area (Å²) in [4.78, 5) is 12.5. The fourth-order valence-electron chi connectivity index (χ4n) is 4.76. The van der Waals surface area contributed by atoms with Crippen LogP contribution < -0.4 is 16.1 Å². The monoisotopic (exact) mass is 486 g/mol. The number of carbonyl (C=O) groups excluding carboxylic acids is 1. The second-order valence-electron chi connectivity index (χ2n) is 10.5. The third-order valence-corrected chi connectivity index (χ3v) is 6.39. The zero-order chi connectivity index (χ0) is 25.8. The number of carbonyl (C=O) groups is 1. The lowest BCUT2D eigenvalue weighted by molar-refractivity contribution is 0.0419. The van der Waals surface area contributed by atoms with E-state index in [4.69, 9.17) is 4.74 Å². The molecule has 5 nitrogen and oxygen atoms in total. The van der Waals surface area contributed by atoms with Gasteiger partial charge in [-0.2, -0.15) is 0 Å². The van der Waals surface area contributed by atoms with Crippen LogP contribution in [-0.4, -0.2) is 43.3 Å². The predicted octanol–water partition coefficient (Wildman–Crippen LogP) is 3.25. The predicted molar refractivity (Wildman–Crippen MR) is 137 cm³/mol. The minimum Gasteiger partial charge on any atom is -0.444 e. The van der Waals surface area contributed by atoms with Gasteiger partial charge >= 0.3 is 6.09 Å². The molecule has 2 aromatic carbocycles. The van der Waals surface area contributed by atoms with Crippen LogP contribution in [0.4, 0.5) is 13.6 Å². The largest absolute Gasteiger partial charge is 0.444 e. The van der Waals surface area contributed by atoms with Crippen LogP contribution in [0.5, 0.6) is 0 Å². The molecule has 1 aliphatic carbocycles. The maximum Gasteiger partial charge on any atom is 0.407 e. The molecule has 0 heterocycles. The first-order chi connectivity index (χ1) is 16.4. The molecule has 3 N–H and O–H groups in total. The number of aryl methyl sites for hydroxylation is 1. The summed E-state index contributed by atoms with van der Waals surface area (Å²) in [6, 6.07) is 6.99. The van der Waals surface area contributed by atoms with E-state index < -0.39 is 35.5 Å². The van der Waals surface area contributed by atoms with Gasteiger partial charge in [-0.25, -0.2) is 13.6 Å². The van der Waals surface area contributed by atoms with Crippen LogP contribution in [0.15, 0.2) is 30.3 Å². The number of hydrogen-bond acceptors (Lipinski definition) is 4. The summed E-state index contributed by atoms with van der Waals surface area (Å²) >= 11 is 0. The van der Waals surface area contributed by atoms with Crippen LogP contribution in [0, 0.1) is 11.6 Å². The minimum absolute atomic E-state index is 0.0527. The minimum atomic E-state index is -1.00. The van der Waals surface area contributed by atoms with Crippen LogP contribution in [0.1, 0.15) is 68.8 Å². The fourth-order valence-corrected chi connectivity index (χ4v) is 4.76. The Morgan fingerprint density at radius 2 is 1.86 bits per heavy atom. The van der Waals surface area contributed by atoms with E-state index in [-0.39, 0.29) is 19.0 Å². The fraction of sp³-hybridized carbons (Fsp3) is 0.519. The summed E-state index contributed by atoms with van der Waals surface area (Å²) in [6.07, 6.45) is 2.35. The normalized spacial score (nSPS) is 17.4. The summed E-state index contributed by atoms with van der Waals surface area (Å²) in [7, 11) is 2.15. The Hall–Kier alpha value is -2.45. The number of hydrogen-bond donors (Lipinski definition) is 3. The lowest BCUT2D eigenvalue weighted by Crippen LogP contribution is -2.50. The number of halogens is 2. The Bertz CT molecular complexity index is 1020. The Kier molecular flexibility index (Phi) is 8.94. The Labute approximate surface area is 208 Å². The molecule has 0 radical (unpaired) electrons. The molecule has 0 unspecified atom stereocenters. The second-order valence-corrected chi connectivity index (χ2v) is 10.5. The first kappa shape index (κ1) is 27.1. The molecular formula is C27H37BF2N2O3. The summed E-state index contributed by atoms with van der Waals surface area (Å²) in [5, 5.41) is 17.2. The molecule has 0 fully saturated rings.